The van der Waals surface area contributed by atoms with Gasteiger partial charge < -0.3 is 15.8 Å². The second-order valence-corrected chi connectivity index (χ2v) is 9.46. The molecule has 0 aromatic heterocycles. The molecular formula is C18H29N3O4S. The molecule has 1 aromatic carbocycles. The van der Waals surface area contributed by atoms with Crippen LogP contribution >= 0.6 is 0 Å². The number of hydrogen-bond donors (Lipinski definition) is 3. The van der Waals surface area contributed by atoms with Gasteiger partial charge in [0.05, 0.1) is 17.0 Å². The van der Waals surface area contributed by atoms with E-state index in [1.807, 2.05) is 20.8 Å². The summed E-state index contributed by atoms with van der Waals surface area (Å²) in [5.74, 6) is -0.229. The van der Waals surface area contributed by atoms with Gasteiger partial charge in [0, 0.05) is 19.7 Å². The van der Waals surface area contributed by atoms with Gasteiger partial charge in [-0.1, -0.05) is 32.9 Å². The van der Waals surface area contributed by atoms with E-state index in [9.17, 15) is 13.2 Å². The molecule has 0 saturated carbocycles. The molecule has 2 rings (SSSR count). The molecule has 1 amide bonds. The second-order valence-electron chi connectivity index (χ2n) is 7.69. The number of sulfonamides is 1. The van der Waals surface area contributed by atoms with E-state index in [0.29, 0.717) is 13.2 Å². The van der Waals surface area contributed by atoms with Crippen molar-refractivity contribution in [3.05, 3.63) is 29.8 Å². The highest BCUT2D eigenvalue weighted by molar-refractivity contribution is 7.89. The predicted octanol–water partition coefficient (Wildman–Crippen LogP) is 1.13. The second kappa shape index (κ2) is 8.47. The maximum Gasteiger partial charge on any atom is 0.240 e. The van der Waals surface area contributed by atoms with E-state index in [2.05, 4.69) is 10.0 Å². The van der Waals surface area contributed by atoms with Crippen molar-refractivity contribution in [1.82, 2.24) is 10.0 Å². The molecule has 1 unspecified atom stereocenters. The highest BCUT2D eigenvalue weighted by Crippen LogP contribution is 2.17. The number of carbonyl (C=O) groups is 1. The van der Waals surface area contributed by atoms with Crippen molar-refractivity contribution in [3.8, 4) is 0 Å². The van der Waals surface area contributed by atoms with Crippen molar-refractivity contribution in [2.24, 2.45) is 11.1 Å². The quantitative estimate of drug-likeness (QED) is 0.654. The lowest BCUT2D eigenvalue weighted by Crippen LogP contribution is -2.48. The lowest BCUT2D eigenvalue weighted by atomic mass is 9.87. The Morgan fingerprint density at radius 3 is 2.50 bits per heavy atom. The molecule has 0 bridgehead atoms. The van der Waals surface area contributed by atoms with Crippen LogP contribution < -0.4 is 15.8 Å². The number of rotatable bonds is 7. The molecule has 1 aliphatic rings. The number of hydrogen-bond acceptors (Lipinski definition) is 5. The Labute approximate surface area is 155 Å². The first-order chi connectivity index (χ1) is 12.1. The number of nitrogens with one attached hydrogen (secondary N) is 2. The SMILES string of the molecule is CC(C)(C)[C@H](N)C(=O)NCc1ccc(S(=O)(=O)NCC2CCCO2)cc1. The molecule has 0 radical (unpaired) electrons. The average molecular weight is 384 g/mol. The minimum Gasteiger partial charge on any atom is -0.377 e. The van der Waals surface area contributed by atoms with Gasteiger partial charge in [0.1, 0.15) is 0 Å². The molecule has 1 aliphatic heterocycles. The van der Waals surface area contributed by atoms with Gasteiger partial charge in [0.15, 0.2) is 0 Å². The molecule has 0 spiro atoms. The monoisotopic (exact) mass is 383 g/mol. The third-order valence-corrected chi connectivity index (χ3v) is 5.88. The Bertz CT molecular complexity index is 705. The molecular weight excluding hydrogens is 354 g/mol. The fourth-order valence-electron chi connectivity index (χ4n) is 2.57. The van der Waals surface area contributed by atoms with Crippen LogP contribution in [-0.2, 0) is 26.1 Å². The smallest absolute Gasteiger partial charge is 0.240 e. The Morgan fingerprint density at radius 1 is 1.31 bits per heavy atom. The van der Waals surface area contributed by atoms with Gasteiger partial charge in [0.25, 0.3) is 0 Å². The van der Waals surface area contributed by atoms with Crippen LogP contribution in [0, 0.1) is 5.41 Å². The summed E-state index contributed by atoms with van der Waals surface area (Å²) in [6, 6.07) is 5.82. The first-order valence-electron chi connectivity index (χ1n) is 8.83. The van der Waals surface area contributed by atoms with Crippen LogP contribution in [0.4, 0.5) is 0 Å². The number of benzene rings is 1. The van der Waals surface area contributed by atoms with Crippen LogP contribution in [-0.4, -0.2) is 39.6 Å². The lowest BCUT2D eigenvalue weighted by Gasteiger charge is -2.25. The first-order valence-corrected chi connectivity index (χ1v) is 10.3. The zero-order valence-electron chi connectivity index (χ0n) is 15.6. The van der Waals surface area contributed by atoms with Gasteiger partial charge in [-0.05, 0) is 36.0 Å². The van der Waals surface area contributed by atoms with Gasteiger partial charge >= 0.3 is 0 Å². The molecule has 2 atom stereocenters. The van der Waals surface area contributed by atoms with Crippen molar-refractivity contribution in [2.75, 3.05) is 13.2 Å². The summed E-state index contributed by atoms with van der Waals surface area (Å²) in [6.07, 6.45) is 1.79. The van der Waals surface area contributed by atoms with Gasteiger partial charge in [-0.3, -0.25) is 4.79 Å². The molecule has 146 valence electrons. The molecule has 7 nitrogen and oxygen atoms in total. The number of nitrogens with two attached hydrogens (primary N) is 1. The van der Waals surface area contributed by atoms with Crippen LogP contribution in [0.25, 0.3) is 0 Å². The summed E-state index contributed by atoms with van der Waals surface area (Å²) < 4.78 is 32.6. The Hall–Kier alpha value is -1.48. The summed E-state index contributed by atoms with van der Waals surface area (Å²) >= 11 is 0. The zero-order chi connectivity index (χ0) is 19.4. The third kappa shape index (κ3) is 5.77. The van der Waals surface area contributed by atoms with Gasteiger partial charge in [-0.2, -0.15) is 0 Å². The maximum absolute atomic E-state index is 12.3. The van der Waals surface area contributed by atoms with E-state index in [-0.39, 0.29) is 28.9 Å². The predicted molar refractivity (Wildman–Crippen MR) is 99.9 cm³/mol. The van der Waals surface area contributed by atoms with E-state index in [1.54, 1.807) is 12.1 Å². The summed E-state index contributed by atoms with van der Waals surface area (Å²) in [5, 5.41) is 2.78. The van der Waals surface area contributed by atoms with Crippen molar-refractivity contribution >= 4 is 15.9 Å². The fourth-order valence-corrected chi connectivity index (χ4v) is 3.64. The van der Waals surface area contributed by atoms with Gasteiger partial charge in [-0.25, -0.2) is 13.1 Å². The number of ether oxygens (including phenoxy) is 1. The normalized spacial score (nSPS) is 19.3. The molecule has 1 saturated heterocycles. The van der Waals surface area contributed by atoms with Crippen LogP contribution in [0.3, 0.4) is 0 Å². The van der Waals surface area contributed by atoms with E-state index in [1.165, 1.54) is 12.1 Å². The lowest BCUT2D eigenvalue weighted by molar-refractivity contribution is -0.124. The Morgan fingerprint density at radius 2 is 1.96 bits per heavy atom. The minimum absolute atomic E-state index is 0.0497. The van der Waals surface area contributed by atoms with Gasteiger partial charge in [0.2, 0.25) is 15.9 Å². The fraction of sp³-hybridized carbons (Fsp3) is 0.611. The molecule has 0 aliphatic carbocycles. The van der Waals surface area contributed by atoms with E-state index < -0.39 is 16.1 Å². The molecule has 1 aromatic rings. The summed E-state index contributed by atoms with van der Waals surface area (Å²) in [5.41, 5.74) is 6.40. The van der Waals surface area contributed by atoms with Crippen LogP contribution in [0.2, 0.25) is 0 Å². The summed E-state index contributed by atoms with van der Waals surface area (Å²) in [7, 11) is -3.57. The highest BCUT2D eigenvalue weighted by Gasteiger charge is 2.27. The van der Waals surface area contributed by atoms with Crippen molar-refractivity contribution in [3.63, 3.8) is 0 Å². The largest absolute Gasteiger partial charge is 0.377 e. The van der Waals surface area contributed by atoms with Crippen LogP contribution in [0.1, 0.15) is 39.2 Å². The average Bonchev–Trinajstić information content (AvgIpc) is 3.10. The van der Waals surface area contributed by atoms with Crippen molar-refractivity contribution in [1.29, 1.82) is 0 Å². The third-order valence-electron chi connectivity index (χ3n) is 4.44. The van der Waals surface area contributed by atoms with E-state index in [4.69, 9.17) is 10.5 Å². The molecule has 4 N–H and O–H groups in total. The highest BCUT2D eigenvalue weighted by atomic mass is 32.2. The minimum atomic E-state index is -3.57. The number of amides is 1. The summed E-state index contributed by atoms with van der Waals surface area (Å²) in [4.78, 5) is 12.2. The standard InChI is InChI=1S/C18H29N3O4S/c1-18(2,3)16(19)17(22)20-11-13-6-8-15(9-7-13)26(23,24)21-12-14-5-4-10-25-14/h6-9,14,16,21H,4-5,10-12,19H2,1-3H3,(H,20,22)/t14?,16-/m1/s1. The maximum atomic E-state index is 12.3. The Kier molecular flexibility index (Phi) is 6.79. The summed E-state index contributed by atoms with van der Waals surface area (Å²) in [6.45, 7) is 6.98. The van der Waals surface area contributed by atoms with Crippen molar-refractivity contribution < 1.29 is 17.9 Å². The molecule has 1 fully saturated rings. The van der Waals surface area contributed by atoms with Crippen LogP contribution in [0.5, 0.6) is 0 Å². The van der Waals surface area contributed by atoms with E-state index >= 15 is 0 Å². The molecule has 1 heterocycles. The topological polar surface area (TPSA) is 111 Å². The molecule has 8 heteroatoms. The zero-order valence-corrected chi connectivity index (χ0v) is 16.4. The van der Waals surface area contributed by atoms with E-state index in [0.717, 1.165) is 18.4 Å². The van der Waals surface area contributed by atoms with Gasteiger partial charge in [-0.15, -0.1) is 0 Å². The number of carbonyl (C=O) groups excluding carboxylic acids is 1. The Balaban J connectivity index is 1.89. The van der Waals surface area contributed by atoms with Crippen molar-refractivity contribution in [2.45, 2.75) is 57.2 Å². The first kappa shape index (κ1) is 20.8. The van der Waals surface area contributed by atoms with Crippen LogP contribution in [0.15, 0.2) is 29.2 Å². The molecule has 26 heavy (non-hydrogen) atoms.